The molecule has 2 heteroatoms. The van der Waals surface area contributed by atoms with Crippen LogP contribution in [0.15, 0.2) is 78.9 Å². The second-order valence-electron chi connectivity index (χ2n) is 6.97. The summed E-state index contributed by atoms with van der Waals surface area (Å²) in [7, 11) is 0. The predicted molar refractivity (Wildman–Crippen MR) is 111 cm³/mol. The smallest absolute Gasteiger partial charge is 0.0664 e. The summed E-state index contributed by atoms with van der Waals surface area (Å²) >= 11 is 0. The number of benzene rings is 2. The number of nitrogens with one attached hydrogen (secondary N) is 2. The molecule has 0 saturated carbocycles. The summed E-state index contributed by atoms with van der Waals surface area (Å²) in [6.07, 6.45) is 14.6. The summed E-state index contributed by atoms with van der Waals surface area (Å²) in [6.45, 7) is 1.75. The molecule has 1 unspecified atom stereocenters. The summed E-state index contributed by atoms with van der Waals surface area (Å²) in [6, 6.07) is 15.3. The van der Waals surface area contributed by atoms with Gasteiger partial charge in [-0.15, -0.1) is 0 Å². The lowest BCUT2D eigenvalue weighted by molar-refractivity contribution is 0.838. The van der Waals surface area contributed by atoms with Crippen molar-refractivity contribution >= 4 is 22.5 Å². The van der Waals surface area contributed by atoms with Crippen molar-refractivity contribution in [2.75, 3.05) is 23.7 Å². The van der Waals surface area contributed by atoms with E-state index in [0.29, 0.717) is 5.92 Å². The van der Waals surface area contributed by atoms with Crippen molar-refractivity contribution in [3.63, 3.8) is 0 Å². The first-order valence-electron chi connectivity index (χ1n) is 9.36. The van der Waals surface area contributed by atoms with Crippen molar-refractivity contribution < 1.29 is 0 Å². The van der Waals surface area contributed by atoms with Crippen LogP contribution in [0.25, 0.3) is 11.1 Å². The molecule has 2 heterocycles. The molecule has 2 aromatic carbocycles. The minimum atomic E-state index is 0.478. The summed E-state index contributed by atoms with van der Waals surface area (Å²) in [5.74, 6) is 0.478. The van der Waals surface area contributed by atoms with Gasteiger partial charge < -0.3 is 10.6 Å². The van der Waals surface area contributed by atoms with E-state index in [-0.39, 0.29) is 0 Å². The summed E-state index contributed by atoms with van der Waals surface area (Å²) in [5, 5.41) is 7.24. The SMILES string of the molecule is C1=CCC(C2=CCNc3c2ccc2c3NCC=C2c2ccccc2)C=C1. The standard InChI is InChI=1S/C24H22N2/c1-3-7-17(8-4-1)19-13-15-25-23-21(19)11-12-22-20(14-16-26-24(22)23)18-9-5-2-6-10-18/h1-9,11-14,18,25-26H,10,15-16H2. The van der Waals surface area contributed by atoms with Gasteiger partial charge in [0.25, 0.3) is 0 Å². The van der Waals surface area contributed by atoms with Gasteiger partial charge >= 0.3 is 0 Å². The first kappa shape index (κ1) is 15.3. The van der Waals surface area contributed by atoms with Crippen LogP contribution >= 0.6 is 0 Å². The molecule has 128 valence electrons. The number of fused-ring (bicyclic) bond motifs is 3. The van der Waals surface area contributed by atoms with E-state index in [1.54, 1.807) is 0 Å². The molecule has 1 aliphatic carbocycles. The summed E-state index contributed by atoms with van der Waals surface area (Å²) in [4.78, 5) is 0. The number of anilines is 2. The van der Waals surface area contributed by atoms with Crippen LogP contribution in [0.1, 0.15) is 23.1 Å². The van der Waals surface area contributed by atoms with Gasteiger partial charge in [0.1, 0.15) is 0 Å². The molecule has 2 nitrogen and oxygen atoms in total. The Morgan fingerprint density at radius 3 is 2.35 bits per heavy atom. The molecule has 0 bridgehead atoms. The maximum absolute atomic E-state index is 3.62. The number of hydrogen-bond donors (Lipinski definition) is 2. The maximum Gasteiger partial charge on any atom is 0.0664 e. The van der Waals surface area contributed by atoms with Crippen molar-refractivity contribution in [1.29, 1.82) is 0 Å². The van der Waals surface area contributed by atoms with E-state index >= 15 is 0 Å². The molecule has 0 fully saturated rings. The van der Waals surface area contributed by atoms with Crippen LogP contribution in [-0.4, -0.2) is 13.1 Å². The third kappa shape index (κ3) is 2.50. The van der Waals surface area contributed by atoms with Crippen molar-refractivity contribution in [1.82, 2.24) is 0 Å². The molecular weight excluding hydrogens is 316 g/mol. The molecule has 3 aliphatic rings. The average Bonchev–Trinajstić information content (AvgIpc) is 2.74. The van der Waals surface area contributed by atoms with Crippen molar-refractivity contribution in [2.45, 2.75) is 6.42 Å². The minimum Gasteiger partial charge on any atom is -0.379 e. The predicted octanol–water partition coefficient (Wildman–Crippen LogP) is 5.49. The topological polar surface area (TPSA) is 24.1 Å². The van der Waals surface area contributed by atoms with Crippen LogP contribution in [0.3, 0.4) is 0 Å². The van der Waals surface area contributed by atoms with Gasteiger partial charge in [-0.05, 0) is 23.1 Å². The van der Waals surface area contributed by atoms with Gasteiger partial charge in [0, 0.05) is 30.1 Å². The summed E-state index contributed by atoms with van der Waals surface area (Å²) < 4.78 is 0. The van der Waals surface area contributed by atoms with Gasteiger partial charge in [-0.2, -0.15) is 0 Å². The van der Waals surface area contributed by atoms with E-state index in [1.165, 1.54) is 39.2 Å². The van der Waals surface area contributed by atoms with E-state index in [1.807, 2.05) is 0 Å². The quantitative estimate of drug-likeness (QED) is 0.757. The lowest BCUT2D eigenvalue weighted by atomic mass is 9.83. The molecule has 5 rings (SSSR count). The molecule has 2 aromatic rings. The van der Waals surface area contributed by atoms with Crippen molar-refractivity contribution in [3.8, 4) is 0 Å². The first-order valence-corrected chi connectivity index (χ1v) is 9.36. The molecule has 1 atom stereocenters. The lowest BCUT2D eigenvalue weighted by Crippen LogP contribution is -2.18. The van der Waals surface area contributed by atoms with E-state index in [9.17, 15) is 0 Å². The molecule has 26 heavy (non-hydrogen) atoms. The Labute approximate surface area is 154 Å². The highest BCUT2D eigenvalue weighted by atomic mass is 15.0. The lowest BCUT2D eigenvalue weighted by Gasteiger charge is -2.30. The molecule has 0 radical (unpaired) electrons. The second-order valence-corrected chi connectivity index (χ2v) is 6.97. The highest BCUT2D eigenvalue weighted by Gasteiger charge is 2.25. The molecule has 0 spiro atoms. The van der Waals surface area contributed by atoms with E-state index in [0.717, 1.165) is 19.5 Å². The van der Waals surface area contributed by atoms with Gasteiger partial charge in [0.05, 0.1) is 11.4 Å². The van der Waals surface area contributed by atoms with E-state index in [2.05, 4.69) is 89.6 Å². The van der Waals surface area contributed by atoms with Crippen molar-refractivity contribution in [3.05, 3.63) is 95.6 Å². The van der Waals surface area contributed by atoms with Crippen LogP contribution in [-0.2, 0) is 0 Å². The molecule has 0 aromatic heterocycles. The van der Waals surface area contributed by atoms with Crippen LogP contribution in [0, 0.1) is 5.92 Å². The van der Waals surface area contributed by atoms with Gasteiger partial charge in [0.2, 0.25) is 0 Å². The Morgan fingerprint density at radius 2 is 1.54 bits per heavy atom. The second kappa shape index (κ2) is 6.38. The minimum absolute atomic E-state index is 0.478. The van der Waals surface area contributed by atoms with Gasteiger partial charge in [-0.1, -0.05) is 78.9 Å². The van der Waals surface area contributed by atoms with Gasteiger partial charge in [0.15, 0.2) is 0 Å². The normalized spacial score (nSPS) is 20.2. The molecule has 0 saturated heterocycles. The first-order chi connectivity index (χ1) is 12.9. The molecule has 2 aliphatic heterocycles. The highest BCUT2D eigenvalue weighted by Crippen LogP contribution is 2.44. The fourth-order valence-electron chi connectivity index (χ4n) is 4.23. The third-order valence-corrected chi connectivity index (χ3v) is 5.46. The fraction of sp³-hybridized carbons (Fsp3) is 0.167. The number of allylic oxidation sites excluding steroid dienone is 5. The fourth-order valence-corrected chi connectivity index (χ4v) is 4.23. The van der Waals surface area contributed by atoms with E-state index < -0.39 is 0 Å². The van der Waals surface area contributed by atoms with Crippen LogP contribution in [0.4, 0.5) is 11.4 Å². The Bertz CT molecular complexity index is 961. The monoisotopic (exact) mass is 338 g/mol. The van der Waals surface area contributed by atoms with Gasteiger partial charge in [-0.3, -0.25) is 0 Å². The Hall–Kier alpha value is -3.00. The van der Waals surface area contributed by atoms with Crippen LogP contribution in [0.5, 0.6) is 0 Å². The van der Waals surface area contributed by atoms with Crippen LogP contribution in [0.2, 0.25) is 0 Å². The zero-order valence-electron chi connectivity index (χ0n) is 14.7. The average molecular weight is 338 g/mol. The zero-order valence-corrected chi connectivity index (χ0v) is 14.7. The molecule has 2 N–H and O–H groups in total. The van der Waals surface area contributed by atoms with E-state index in [4.69, 9.17) is 0 Å². The van der Waals surface area contributed by atoms with Gasteiger partial charge in [-0.25, -0.2) is 0 Å². The Kier molecular flexibility index (Phi) is 3.75. The molecule has 0 amide bonds. The highest BCUT2D eigenvalue weighted by molar-refractivity contribution is 5.98. The number of hydrogen-bond acceptors (Lipinski definition) is 2. The third-order valence-electron chi connectivity index (χ3n) is 5.46. The maximum atomic E-state index is 3.62. The molecular formula is C24H22N2. The largest absolute Gasteiger partial charge is 0.379 e. The summed E-state index contributed by atoms with van der Waals surface area (Å²) in [5.41, 5.74) is 9.16. The Morgan fingerprint density at radius 1 is 0.769 bits per heavy atom. The number of rotatable bonds is 2. The van der Waals surface area contributed by atoms with Crippen molar-refractivity contribution in [2.24, 2.45) is 5.92 Å². The zero-order chi connectivity index (χ0) is 17.3. The van der Waals surface area contributed by atoms with Crippen LogP contribution < -0.4 is 10.6 Å². The Balaban J connectivity index is 1.59.